The molecule has 0 bridgehead atoms. The molecule has 0 saturated heterocycles. The highest BCUT2D eigenvalue weighted by Gasteiger charge is 2.11. The fourth-order valence-corrected chi connectivity index (χ4v) is 2.47. The molecule has 4 heteroatoms. The Morgan fingerprint density at radius 3 is 2.52 bits per heavy atom. The molecule has 1 atom stereocenters. The molecule has 0 aliphatic heterocycles. The summed E-state index contributed by atoms with van der Waals surface area (Å²) >= 11 is 0. The second-order valence-corrected chi connectivity index (χ2v) is 5.82. The van der Waals surface area contributed by atoms with Crippen LogP contribution in [0.1, 0.15) is 16.7 Å². The van der Waals surface area contributed by atoms with Crippen LogP contribution in [-0.4, -0.2) is 19.5 Å². The van der Waals surface area contributed by atoms with Crippen molar-refractivity contribution in [2.24, 2.45) is 0 Å². The number of carbonyl (C=O) groups excluding carboxylic acids is 1. The number of anilines is 1. The molecule has 118 valence electrons. The lowest BCUT2D eigenvalue weighted by Crippen LogP contribution is -3.08. The number of likely N-dealkylation sites (N-methyl/N-ethyl adjacent to an activating group) is 1. The number of nitrogens with zero attached hydrogens (tertiary/aromatic N) is 1. The number of quaternary nitrogens is 1. The maximum atomic E-state index is 12.1. The van der Waals surface area contributed by atoms with Gasteiger partial charge in [0, 0.05) is 11.3 Å². The molecule has 0 radical (unpaired) electrons. The summed E-state index contributed by atoms with van der Waals surface area (Å²) in [7, 11) is 2.02. The Hall–Kier alpha value is -2.64. The maximum absolute atomic E-state index is 12.1. The number of amides is 1. The molecule has 0 saturated carbocycles. The molecular weight excluding hydrogens is 286 g/mol. The van der Waals surface area contributed by atoms with Crippen molar-refractivity contribution in [3.05, 3.63) is 65.2 Å². The predicted molar refractivity (Wildman–Crippen MR) is 91.0 cm³/mol. The van der Waals surface area contributed by atoms with E-state index >= 15 is 0 Å². The molecule has 2 aromatic rings. The first-order valence-electron chi connectivity index (χ1n) is 7.70. The lowest BCUT2D eigenvalue weighted by molar-refractivity contribution is -0.885. The van der Waals surface area contributed by atoms with E-state index in [2.05, 4.69) is 30.4 Å². The van der Waals surface area contributed by atoms with Crippen LogP contribution in [0.2, 0.25) is 0 Å². The molecule has 0 aliphatic rings. The van der Waals surface area contributed by atoms with Crippen LogP contribution in [0, 0.1) is 18.3 Å². The Balaban J connectivity index is 1.86. The summed E-state index contributed by atoms with van der Waals surface area (Å²) in [6.07, 6.45) is 0.386. The third-order valence-corrected chi connectivity index (χ3v) is 3.74. The van der Waals surface area contributed by atoms with E-state index in [4.69, 9.17) is 5.26 Å². The summed E-state index contributed by atoms with van der Waals surface area (Å²) in [4.78, 5) is 13.3. The fourth-order valence-electron chi connectivity index (χ4n) is 2.47. The van der Waals surface area contributed by atoms with Crippen molar-refractivity contribution >= 4 is 11.6 Å². The zero-order valence-electron chi connectivity index (χ0n) is 13.6. The zero-order valence-corrected chi connectivity index (χ0v) is 13.6. The highest BCUT2D eigenvalue weighted by atomic mass is 16.2. The van der Waals surface area contributed by atoms with Gasteiger partial charge in [0.15, 0.2) is 6.54 Å². The SMILES string of the molecule is Cc1ccccc1C[NH+](C)CC(=O)Nc1ccc(CC#N)cc1. The summed E-state index contributed by atoms with van der Waals surface area (Å²) in [6, 6.07) is 17.7. The molecule has 2 rings (SSSR count). The normalized spacial score (nSPS) is 11.5. The molecule has 1 unspecified atom stereocenters. The second kappa shape index (κ2) is 8.11. The van der Waals surface area contributed by atoms with Gasteiger partial charge in [-0.25, -0.2) is 0 Å². The van der Waals surface area contributed by atoms with Gasteiger partial charge in [-0.1, -0.05) is 36.4 Å². The summed E-state index contributed by atoms with van der Waals surface area (Å²) in [5.74, 6) is -0.0101. The number of nitriles is 1. The van der Waals surface area contributed by atoms with Crippen molar-refractivity contribution in [3.63, 3.8) is 0 Å². The van der Waals surface area contributed by atoms with Crippen LogP contribution in [0.15, 0.2) is 48.5 Å². The van der Waals surface area contributed by atoms with Crippen LogP contribution < -0.4 is 10.2 Å². The van der Waals surface area contributed by atoms with Gasteiger partial charge in [-0.05, 0) is 30.2 Å². The largest absolute Gasteiger partial charge is 0.326 e. The summed E-state index contributed by atoms with van der Waals surface area (Å²) < 4.78 is 0. The van der Waals surface area contributed by atoms with Crippen LogP contribution in [0.25, 0.3) is 0 Å². The van der Waals surface area contributed by atoms with Gasteiger partial charge < -0.3 is 10.2 Å². The maximum Gasteiger partial charge on any atom is 0.279 e. The summed E-state index contributed by atoms with van der Waals surface area (Å²) in [5, 5.41) is 11.6. The number of hydrogen-bond acceptors (Lipinski definition) is 2. The standard InChI is InChI=1S/C19H21N3O/c1-15-5-3-4-6-17(15)13-22(2)14-19(23)21-18-9-7-16(8-10-18)11-12-20/h3-10H,11,13-14H2,1-2H3,(H,21,23)/p+1. The number of benzene rings is 2. The van der Waals surface area contributed by atoms with Gasteiger partial charge in [-0.15, -0.1) is 0 Å². The van der Waals surface area contributed by atoms with Gasteiger partial charge in [-0.3, -0.25) is 4.79 Å². The van der Waals surface area contributed by atoms with Crippen molar-refractivity contribution in [3.8, 4) is 6.07 Å². The Labute approximate surface area is 137 Å². The lowest BCUT2D eigenvalue weighted by Gasteiger charge is -2.15. The first-order valence-corrected chi connectivity index (χ1v) is 7.70. The van der Waals surface area contributed by atoms with E-state index in [1.165, 1.54) is 11.1 Å². The Morgan fingerprint density at radius 2 is 1.87 bits per heavy atom. The van der Waals surface area contributed by atoms with E-state index in [-0.39, 0.29) is 5.91 Å². The third-order valence-electron chi connectivity index (χ3n) is 3.74. The summed E-state index contributed by atoms with van der Waals surface area (Å²) in [6.45, 7) is 3.32. The van der Waals surface area contributed by atoms with E-state index in [1.54, 1.807) is 0 Å². The lowest BCUT2D eigenvalue weighted by atomic mass is 10.1. The minimum atomic E-state index is -0.0101. The molecule has 2 aromatic carbocycles. The Kier molecular flexibility index (Phi) is 5.90. The van der Waals surface area contributed by atoms with E-state index in [0.717, 1.165) is 22.7 Å². The van der Waals surface area contributed by atoms with Gasteiger partial charge in [0.1, 0.15) is 6.54 Å². The molecule has 0 fully saturated rings. The van der Waals surface area contributed by atoms with Crippen molar-refractivity contribution in [1.29, 1.82) is 5.26 Å². The molecule has 2 N–H and O–H groups in total. The number of nitrogens with one attached hydrogen (secondary N) is 2. The smallest absolute Gasteiger partial charge is 0.279 e. The Bertz CT molecular complexity index is 701. The van der Waals surface area contributed by atoms with E-state index < -0.39 is 0 Å². The third kappa shape index (κ3) is 5.24. The molecule has 0 heterocycles. The highest BCUT2D eigenvalue weighted by Crippen LogP contribution is 2.09. The highest BCUT2D eigenvalue weighted by molar-refractivity contribution is 5.91. The van der Waals surface area contributed by atoms with Crippen molar-refractivity contribution in [1.82, 2.24) is 0 Å². The van der Waals surface area contributed by atoms with Crippen LogP contribution in [0.5, 0.6) is 0 Å². The number of rotatable bonds is 6. The predicted octanol–water partition coefficient (Wildman–Crippen LogP) is 1.71. The van der Waals surface area contributed by atoms with E-state index in [9.17, 15) is 4.79 Å². The molecule has 0 aromatic heterocycles. The average Bonchev–Trinajstić information content (AvgIpc) is 2.51. The van der Waals surface area contributed by atoms with Crippen molar-refractivity contribution in [2.45, 2.75) is 19.9 Å². The van der Waals surface area contributed by atoms with Crippen molar-refractivity contribution in [2.75, 3.05) is 18.9 Å². The monoisotopic (exact) mass is 308 g/mol. The van der Waals surface area contributed by atoms with Gasteiger partial charge in [0.2, 0.25) is 0 Å². The average molecular weight is 308 g/mol. The van der Waals surface area contributed by atoms with Crippen LogP contribution >= 0.6 is 0 Å². The van der Waals surface area contributed by atoms with Gasteiger partial charge >= 0.3 is 0 Å². The Morgan fingerprint density at radius 1 is 1.17 bits per heavy atom. The van der Waals surface area contributed by atoms with Crippen molar-refractivity contribution < 1.29 is 9.69 Å². The van der Waals surface area contributed by atoms with Crippen LogP contribution in [0.4, 0.5) is 5.69 Å². The van der Waals surface area contributed by atoms with Gasteiger partial charge in [0.25, 0.3) is 5.91 Å². The zero-order chi connectivity index (χ0) is 16.7. The second-order valence-electron chi connectivity index (χ2n) is 5.82. The molecule has 0 aliphatic carbocycles. The number of hydrogen-bond donors (Lipinski definition) is 2. The molecule has 1 amide bonds. The van der Waals surface area contributed by atoms with Crippen LogP contribution in [0.3, 0.4) is 0 Å². The first-order chi connectivity index (χ1) is 11.1. The van der Waals surface area contributed by atoms with Crippen LogP contribution in [-0.2, 0) is 17.8 Å². The fraction of sp³-hybridized carbons (Fsp3) is 0.263. The van der Waals surface area contributed by atoms with E-state index in [1.807, 2.05) is 43.4 Å². The van der Waals surface area contributed by atoms with E-state index in [0.29, 0.717) is 13.0 Å². The molecule has 0 spiro atoms. The number of carbonyl (C=O) groups is 1. The molecule has 23 heavy (non-hydrogen) atoms. The minimum Gasteiger partial charge on any atom is -0.326 e. The first kappa shape index (κ1) is 16.7. The molecular formula is C19H22N3O+. The minimum absolute atomic E-state index is 0.0101. The molecule has 4 nitrogen and oxygen atoms in total. The van der Waals surface area contributed by atoms with Gasteiger partial charge in [-0.2, -0.15) is 5.26 Å². The number of aryl methyl sites for hydroxylation is 1. The summed E-state index contributed by atoms with van der Waals surface area (Å²) in [5.41, 5.74) is 4.23. The quantitative estimate of drug-likeness (QED) is 0.853. The topological polar surface area (TPSA) is 57.3 Å². The van der Waals surface area contributed by atoms with Gasteiger partial charge in [0.05, 0.1) is 19.5 Å².